The Morgan fingerprint density at radius 1 is 0.867 bits per heavy atom. The van der Waals surface area contributed by atoms with E-state index in [1.54, 1.807) is 16.4 Å². The van der Waals surface area contributed by atoms with Crippen molar-refractivity contribution in [1.82, 2.24) is 9.62 Å². The minimum Gasteiger partial charge on any atom is -0.356 e. The minimum absolute atomic E-state index is 0.00905. The number of carbonyl (C=O) groups is 1. The van der Waals surface area contributed by atoms with Gasteiger partial charge < -0.3 is 5.32 Å². The quantitative estimate of drug-likeness (QED) is 0.658. The molecule has 1 saturated heterocycles. The molecule has 1 aliphatic rings. The van der Waals surface area contributed by atoms with Gasteiger partial charge in [0, 0.05) is 31.1 Å². The van der Waals surface area contributed by atoms with E-state index in [4.69, 9.17) is 11.6 Å². The number of nitrogens with zero attached hydrogens (tertiary/aromatic N) is 1. The lowest BCUT2D eigenvalue weighted by Crippen LogP contribution is -2.31. The number of rotatable bonds is 8. The summed E-state index contributed by atoms with van der Waals surface area (Å²) in [4.78, 5) is 12.4. The van der Waals surface area contributed by atoms with E-state index in [9.17, 15) is 13.2 Å². The molecule has 0 aromatic heterocycles. The lowest BCUT2D eigenvalue weighted by Gasteiger charge is -2.20. The third-order valence-electron chi connectivity index (χ3n) is 5.42. The summed E-state index contributed by atoms with van der Waals surface area (Å²) in [7, 11) is -3.43. The molecule has 0 unspecified atom stereocenters. The lowest BCUT2D eigenvalue weighted by atomic mass is 10.1. The van der Waals surface area contributed by atoms with Crippen molar-refractivity contribution in [2.75, 3.05) is 19.6 Å². The van der Waals surface area contributed by atoms with Crippen molar-refractivity contribution in [3.63, 3.8) is 0 Å². The summed E-state index contributed by atoms with van der Waals surface area (Å²) < 4.78 is 27.3. The fourth-order valence-electron chi connectivity index (χ4n) is 3.60. The first kappa shape index (κ1) is 22.8. The summed E-state index contributed by atoms with van der Waals surface area (Å²) in [5.41, 5.74) is 2.08. The molecular formula is C23H29ClN2O3S. The molecule has 0 saturated carbocycles. The highest BCUT2D eigenvalue weighted by atomic mass is 35.5. The molecule has 30 heavy (non-hydrogen) atoms. The second-order valence-corrected chi connectivity index (χ2v) is 10.1. The molecule has 0 bridgehead atoms. The van der Waals surface area contributed by atoms with Crippen molar-refractivity contribution in [3.05, 3.63) is 64.7 Å². The van der Waals surface area contributed by atoms with E-state index >= 15 is 0 Å². The second kappa shape index (κ2) is 10.9. The molecule has 1 aliphatic heterocycles. The minimum atomic E-state index is -3.43. The zero-order valence-corrected chi connectivity index (χ0v) is 18.7. The summed E-state index contributed by atoms with van der Waals surface area (Å²) >= 11 is 5.87. The van der Waals surface area contributed by atoms with Crippen LogP contribution < -0.4 is 5.32 Å². The monoisotopic (exact) mass is 448 g/mol. The first-order valence-electron chi connectivity index (χ1n) is 10.6. The van der Waals surface area contributed by atoms with E-state index in [1.807, 2.05) is 36.4 Å². The predicted molar refractivity (Wildman–Crippen MR) is 120 cm³/mol. The van der Waals surface area contributed by atoms with Gasteiger partial charge in [0.15, 0.2) is 0 Å². The Bertz CT molecular complexity index is 920. The molecule has 1 amide bonds. The largest absolute Gasteiger partial charge is 0.356 e. The van der Waals surface area contributed by atoms with Crippen LogP contribution in [0.5, 0.6) is 0 Å². The van der Waals surface area contributed by atoms with E-state index in [0.29, 0.717) is 42.4 Å². The standard InChI is InChI=1S/C23H29ClN2O3S/c24-21-10-5-20(6-11-21)15-16-25-23(27)14-9-19-7-12-22(13-8-19)30(28,29)26-17-3-1-2-4-18-26/h5-8,10-13H,1-4,9,14-18H2,(H,25,27). The second-order valence-electron chi connectivity index (χ2n) is 7.69. The normalized spacial score (nSPS) is 15.5. The average Bonchev–Trinajstić information content (AvgIpc) is 3.04. The summed E-state index contributed by atoms with van der Waals surface area (Å²) in [6, 6.07) is 14.5. The number of nitrogens with one attached hydrogen (secondary N) is 1. The molecule has 0 spiro atoms. The Balaban J connectivity index is 1.45. The van der Waals surface area contributed by atoms with Gasteiger partial charge in [-0.3, -0.25) is 4.79 Å². The van der Waals surface area contributed by atoms with E-state index in [2.05, 4.69) is 5.32 Å². The molecule has 5 nitrogen and oxygen atoms in total. The molecule has 2 aromatic carbocycles. The molecule has 1 heterocycles. The number of benzene rings is 2. The summed E-state index contributed by atoms with van der Waals surface area (Å²) in [6.45, 7) is 1.77. The number of amides is 1. The third-order valence-corrected chi connectivity index (χ3v) is 7.58. The Morgan fingerprint density at radius 3 is 2.07 bits per heavy atom. The van der Waals surface area contributed by atoms with Gasteiger partial charge in [-0.25, -0.2) is 8.42 Å². The van der Waals surface area contributed by atoms with Gasteiger partial charge in [0.2, 0.25) is 15.9 Å². The highest BCUT2D eigenvalue weighted by Gasteiger charge is 2.24. The number of sulfonamides is 1. The lowest BCUT2D eigenvalue weighted by molar-refractivity contribution is -0.121. The zero-order valence-electron chi connectivity index (χ0n) is 17.1. The molecule has 0 aliphatic carbocycles. The van der Waals surface area contributed by atoms with Crippen molar-refractivity contribution in [2.45, 2.75) is 49.8 Å². The Hall–Kier alpha value is -1.89. The van der Waals surface area contributed by atoms with Crippen LogP contribution in [0.1, 0.15) is 43.2 Å². The molecule has 2 aromatic rings. The molecule has 162 valence electrons. The zero-order chi connectivity index (χ0) is 21.4. The number of carbonyl (C=O) groups excluding carboxylic acids is 1. The number of hydrogen-bond donors (Lipinski definition) is 1. The molecular weight excluding hydrogens is 420 g/mol. The van der Waals surface area contributed by atoms with E-state index in [1.165, 1.54) is 0 Å². The Labute approximate surface area is 184 Å². The maximum Gasteiger partial charge on any atom is 0.243 e. The van der Waals surface area contributed by atoms with Crippen LogP contribution in [-0.2, 0) is 27.7 Å². The van der Waals surface area contributed by atoms with Gasteiger partial charge in [-0.2, -0.15) is 4.31 Å². The average molecular weight is 449 g/mol. The molecule has 3 rings (SSSR count). The molecule has 0 radical (unpaired) electrons. The van der Waals surface area contributed by atoms with E-state index in [-0.39, 0.29) is 5.91 Å². The predicted octanol–water partition coefficient (Wildman–Crippen LogP) is 4.20. The Kier molecular flexibility index (Phi) is 8.31. The van der Waals surface area contributed by atoms with Gasteiger partial charge >= 0.3 is 0 Å². The topological polar surface area (TPSA) is 66.5 Å². The van der Waals surface area contributed by atoms with Crippen molar-refractivity contribution in [1.29, 1.82) is 0 Å². The maximum atomic E-state index is 12.8. The van der Waals surface area contributed by atoms with Gasteiger partial charge in [0.1, 0.15) is 0 Å². The van der Waals surface area contributed by atoms with Gasteiger partial charge in [-0.05, 0) is 61.1 Å². The molecule has 1 N–H and O–H groups in total. The first-order chi connectivity index (χ1) is 14.4. The highest BCUT2D eigenvalue weighted by molar-refractivity contribution is 7.89. The van der Waals surface area contributed by atoms with Gasteiger partial charge in [0.25, 0.3) is 0 Å². The Morgan fingerprint density at radius 2 is 1.43 bits per heavy atom. The van der Waals surface area contributed by atoms with Gasteiger partial charge in [-0.15, -0.1) is 0 Å². The van der Waals surface area contributed by atoms with Crippen LogP contribution in [-0.4, -0.2) is 38.3 Å². The summed E-state index contributed by atoms with van der Waals surface area (Å²) in [6.07, 6.45) is 5.73. The smallest absolute Gasteiger partial charge is 0.243 e. The van der Waals surface area contributed by atoms with E-state index in [0.717, 1.165) is 43.2 Å². The van der Waals surface area contributed by atoms with Crippen LogP contribution in [0.3, 0.4) is 0 Å². The summed E-state index contributed by atoms with van der Waals surface area (Å²) in [5, 5.41) is 3.63. The van der Waals surface area contributed by atoms with Crippen molar-refractivity contribution in [2.24, 2.45) is 0 Å². The molecule has 1 fully saturated rings. The molecule has 0 atom stereocenters. The van der Waals surface area contributed by atoms with E-state index < -0.39 is 10.0 Å². The first-order valence-corrected chi connectivity index (χ1v) is 12.4. The van der Waals surface area contributed by atoms with Crippen LogP contribution >= 0.6 is 11.6 Å². The number of aryl methyl sites for hydroxylation is 1. The summed E-state index contributed by atoms with van der Waals surface area (Å²) in [5.74, 6) is -0.00905. The van der Waals surface area contributed by atoms with Crippen molar-refractivity contribution >= 4 is 27.5 Å². The van der Waals surface area contributed by atoms with Crippen LogP contribution in [0, 0.1) is 0 Å². The SMILES string of the molecule is O=C(CCc1ccc(S(=O)(=O)N2CCCCCC2)cc1)NCCc1ccc(Cl)cc1. The maximum absolute atomic E-state index is 12.8. The van der Waals surface area contributed by atoms with Crippen molar-refractivity contribution < 1.29 is 13.2 Å². The fraction of sp³-hybridized carbons (Fsp3) is 0.435. The van der Waals surface area contributed by atoms with Crippen LogP contribution in [0.2, 0.25) is 5.02 Å². The van der Waals surface area contributed by atoms with Crippen LogP contribution in [0.25, 0.3) is 0 Å². The van der Waals surface area contributed by atoms with Gasteiger partial charge in [-0.1, -0.05) is 48.7 Å². The van der Waals surface area contributed by atoms with Gasteiger partial charge in [0.05, 0.1) is 4.90 Å². The van der Waals surface area contributed by atoms with Crippen LogP contribution in [0.4, 0.5) is 0 Å². The molecule has 7 heteroatoms. The van der Waals surface area contributed by atoms with Crippen LogP contribution in [0.15, 0.2) is 53.4 Å². The fourth-order valence-corrected chi connectivity index (χ4v) is 5.25. The highest BCUT2D eigenvalue weighted by Crippen LogP contribution is 2.21. The number of hydrogen-bond acceptors (Lipinski definition) is 3. The number of halogens is 1. The van der Waals surface area contributed by atoms with Crippen molar-refractivity contribution in [3.8, 4) is 0 Å². The third kappa shape index (κ3) is 6.56.